The summed E-state index contributed by atoms with van der Waals surface area (Å²) in [4.78, 5) is 20.7. The highest BCUT2D eigenvalue weighted by molar-refractivity contribution is 5.80. The lowest BCUT2D eigenvalue weighted by molar-refractivity contribution is 0.111. The molecule has 0 unspecified atom stereocenters. The van der Waals surface area contributed by atoms with Crippen molar-refractivity contribution in [3.63, 3.8) is 0 Å². The lowest BCUT2D eigenvalue weighted by Crippen LogP contribution is -1.88. The van der Waals surface area contributed by atoms with Crippen LogP contribution in [0.2, 0.25) is 0 Å². The molecule has 2 aromatic rings. The molecule has 0 aliphatic carbocycles. The lowest BCUT2D eigenvalue weighted by Gasteiger charge is -2.02. The average Bonchev–Trinajstić information content (AvgIpc) is 2.55. The number of aldehydes is 2. The van der Waals surface area contributed by atoms with Gasteiger partial charge in [0.2, 0.25) is 0 Å². The SMILES string of the molecule is COc1cc(O)ccc1C=O.COc1cc(O)ccc1C=O. The van der Waals surface area contributed by atoms with Gasteiger partial charge < -0.3 is 19.7 Å². The smallest absolute Gasteiger partial charge is 0.153 e. The van der Waals surface area contributed by atoms with Crippen molar-refractivity contribution in [3.8, 4) is 23.0 Å². The summed E-state index contributed by atoms with van der Waals surface area (Å²) in [6.45, 7) is 0. The lowest BCUT2D eigenvalue weighted by atomic mass is 10.2. The zero-order chi connectivity index (χ0) is 16.5. The number of aromatic hydroxyl groups is 2. The molecule has 6 heteroatoms. The average molecular weight is 304 g/mol. The summed E-state index contributed by atoms with van der Waals surface area (Å²) in [7, 11) is 2.89. The van der Waals surface area contributed by atoms with Crippen molar-refractivity contribution in [2.75, 3.05) is 14.2 Å². The maximum Gasteiger partial charge on any atom is 0.153 e. The van der Waals surface area contributed by atoms with Gasteiger partial charge >= 0.3 is 0 Å². The largest absolute Gasteiger partial charge is 0.508 e. The topological polar surface area (TPSA) is 93.1 Å². The Labute approximate surface area is 127 Å². The number of carbonyl (C=O) groups excluding carboxylic acids is 2. The van der Waals surface area contributed by atoms with Crippen LogP contribution in [0.3, 0.4) is 0 Å². The van der Waals surface area contributed by atoms with Gasteiger partial charge in [0.25, 0.3) is 0 Å². The molecule has 0 aromatic heterocycles. The number of methoxy groups -OCH3 is 2. The van der Waals surface area contributed by atoms with Crippen LogP contribution in [0.15, 0.2) is 36.4 Å². The van der Waals surface area contributed by atoms with Crippen LogP contribution in [0.5, 0.6) is 23.0 Å². The predicted molar refractivity (Wildman–Crippen MR) is 80.1 cm³/mol. The number of rotatable bonds is 4. The van der Waals surface area contributed by atoms with Crippen molar-refractivity contribution in [1.29, 1.82) is 0 Å². The zero-order valence-electron chi connectivity index (χ0n) is 12.1. The third kappa shape index (κ3) is 4.52. The van der Waals surface area contributed by atoms with E-state index in [0.29, 0.717) is 35.2 Å². The quantitative estimate of drug-likeness (QED) is 0.843. The Morgan fingerprint density at radius 1 is 0.773 bits per heavy atom. The standard InChI is InChI=1S/2C8H8O3/c2*1-11-8-4-7(10)3-2-6(8)5-9/h2*2-5,10H,1H3. The van der Waals surface area contributed by atoms with Crippen LogP contribution >= 0.6 is 0 Å². The van der Waals surface area contributed by atoms with Gasteiger partial charge in [0, 0.05) is 12.1 Å². The molecule has 2 N–H and O–H groups in total. The van der Waals surface area contributed by atoms with E-state index in [-0.39, 0.29) is 11.5 Å². The summed E-state index contributed by atoms with van der Waals surface area (Å²) >= 11 is 0. The Morgan fingerprint density at radius 2 is 1.14 bits per heavy atom. The number of carbonyl (C=O) groups is 2. The van der Waals surface area contributed by atoms with Crippen LogP contribution in [0, 0.1) is 0 Å². The summed E-state index contributed by atoms with van der Waals surface area (Å²) in [6, 6.07) is 8.66. The molecule has 0 radical (unpaired) electrons. The van der Waals surface area contributed by atoms with Crippen LogP contribution in [0.1, 0.15) is 20.7 Å². The number of phenols is 2. The number of benzene rings is 2. The Bertz CT molecular complexity index is 594. The van der Waals surface area contributed by atoms with Crippen LogP contribution < -0.4 is 9.47 Å². The molecule has 0 amide bonds. The van der Waals surface area contributed by atoms with Gasteiger partial charge in [-0.3, -0.25) is 9.59 Å². The molecule has 2 aromatic carbocycles. The maximum atomic E-state index is 10.3. The predicted octanol–water partition coefficient (Wildman–Crippen LogP) is 2.43. The molecule has 0 aliphatic rings. The number of phenolic OH excluding ortho intramolecular Hbond substituents is 2. The Kier molecular flexibility index (Phi) is 6.43. The van der Waals surface area contributed by atoms with E-state index < -0.39 is 0 Å². The Balaban J connectivity index is 0.000000220. The Morgan fingerprint density at radius 3 is 1.41 bits per heavy atom. The molecular formula is C16H16O6. The van der Waals surface area contributed by atoms with Crippen molar-refractivity contribution in [1.82, 2.24) is 0 Å². The summed E-state index contributed by atoms with van der Waals surface area (Å²) in [5.74, 6) is 0.958. The highest BCUT2D eigenvalue weighted by Crippen LogP contribution is 2.22. The summed E-state index contributed by atoms with van der Waals surface area (Å²) in [5, 5.41) is 17.9. The van der Waals surface area contributed by atoms with Crippen LogP contribution in [-0.4, -0.2) is 37.0 Å². The molecule has 0 bridgehead atoms. The highest BCUT2D eigenvalue weighted by Gasteiger charge is 2.01. The van der Waals surface area contributed by atoms with Crippen molar-refractivity contribution < 1.29 is 29.3 Å². The van der Waals surface area contributed by atoms with E-state index >= 15 is 0 Å². The molecule has 22 heavy (non-hydrogen) atoms. The third-order valence-electron chi connectivity index (χ3n) is 2.69. The molecule has 116 valence electrons. The van der Waals surface area contributed by atoms with E-state index in [1.807, 2.05) is 0 Å². The van der Waals surface area contributed by atoms with E-state index in [0.717, 1.165) is 0 Å². The van der Waals surface area contributed by atoms with Gasteiger partial charge in [-0.1, -0.05) is 0 Å². The monoisotopic (exact) mass is 304 g/mol. The van der Waals surface area contributed by atoms with Gasteiger partial charge in [0.15, 0.2) is 12.6 Å². The first-order valence-electron chi connectivity index (χ1n) is 6.20. The van der Waals surface area contributed by atoms with Gasteiger partial charge in [-0.2, -0.15) is 0 Å². The molecule has 0 saturated carbocycles. The van der Waals surface area contributed by atoms with Gasteiger partial charge in [-0.25, -0.2) is 0 Å². The number of ether oxygens (including phenoxy) is 2. The molecule has 0 saturated heterocycles. The van der Waals surface area contributed by atoms with Crippen LogP contribution in [-0.2, 0) is 0 Å². The van der Waals surface area contributed by atoms with E-state index in [4.69, 9.17) is 19.7 Å². The molecule has 0 heterocycles. The third-order valence-corrected chi connectivity index (χ3v) is 2.69. The van der Waals surface area contributed by atoms with Gasteiger partial charge in [0.05, 0.1) is 25.3 Å². The summed E-state index contributed by atoms with van der Waals surface area (Å²) in [6.07, 6.45) is 1.36. The van der Waals surface area contributed by atoms with Crippen LogP contribution in [0.4, 0.5) is 0 Å². The fourth-order valence-corrected chi connectivity index (χ4v) is 1.59. The van der Waals surface area contributed by atoms with E-state index in [1.54, 1.807) is 0 Å². The Hall–Kier alpha value is -3.02. The normalized spacial score (nSPS) is 9.18. The van der Waals surface area contributed by atoms with Gasteiger partial charge in [-0.15, -0.1) is 0 Å². The molecule has 2 rings (SSSR count). The first kappa shape index (κ1) is 17.0. The number of hydrogen-bond donors (Lipinski definition) is 2. The first-order valence-corrected chi connectivity index (χ1v) is 6.20. The van der Waals surface area contributed by atoms with E-state index in [1.165, 1.54) is 50.6 Å². The van der Waals surface area contributed by atoms with Gasteiger partial charge in [0.1, 0.15) is 23.0 Å². The highest BCUT2D eigenvalue weighted by atomic mass is 16.5. The molecule has 6 nitrogen and oxygen atoms in total. The minimum absolute atomic E-state index is 0.0902. The molecule has 0 fully saturated rings. The second-order valence-electron chi connectivity index (χ2n) is 4.09. The van der Waals surface area contributed by atoms with E-state index in [9.17, 15) is 9.59 Å². The van der Waals surface area contributed by atoms with Crippen LogP contribution in [0.25, 0.3) is 0 Å². The summed E-state index contributed by atoms with van der Waals surface area (Å²) in [5.41, 5.74) is 0.871. The molecular weight excluding hydrogens is 288 g/mol. The van der Waals surface area contributed by atoms with Crippen molar-refractivity contribution in [3.05, 3.63) is 47.5 Å². The molecule has 0 spiro atoms. The first-order chi connectivity index (χ1) is 10.5. The van der Waals surface area contributed by atoms with E-state index in [2.05, 4.69) is 0 Å². The maximum absolute atomic E-state index is 10.3. The summed E-state index contributed by atoms with van der Waals surface area (Å²) < 4.78 is 9.65. The zero-order valence-corrected chi connectivity index (χ0v) is 12.1. The minimum Gasteiger partial charge on any atom is -0.508 e. The van der Waals surface area contributed by atoms with Crippen molar-refractivity contribution >= 4 is 12.6 Å². The second kappa shape index (κ2) is 8.31. The second-order valence-corrected chi connectivity index (χ2v) is 4.09. The fourth-order valence-electron chi connectivity index (χ4n) is 1.59. The molecule has 0 atom stereocenters. The van der Waals surface area contributed by atoms with Crippen molar-refractivity contribution in [2.24, 2.45) is 0 Å². The van der Waals surface area contributed by atoms with Crippen molar-refractivity contribution in [2.45, 2.75) is 0 Å². The van der Waals surface area contributed by atoms with Gasteiger partial charge in [-0.05, 0) is 24.3 Å². The molecule has 0 aliphatic heterocycles. The fraction of sp³-hybridized carbons (Fsp3) is 0.125. The number of hydrogen-bond acceptors (Lipinski definition) is 6. The minimum atomic E-state index is 0.0902.